The Labute approximate surface area is 186 Å². The number of alkyl halides is 3. The Hall–Kier alpha value is -4.42. The number of aromatic amines is 1. The fourth-order valence-corrected chi connectivity index (χ4v) is 3.52. The Morgan fingerprint density at radius 3 is 2.44 bits per heavy atom. The first-order chi connectivity index (χ1) is 16.0. The highest BCUT2D eigenvalue weighted by Crippen LogP contribution is 2.31. The number of carbonyl (C=O) groups is 2. The van der Waals surface area contributed by atoms with Crippen LogP contribution in [0, 0.1) is 5.82 Å². The van der Waals surface area contributed by atoms with E-state index in [-0.39, 0.29) is 28.7 Å². The highest BCUT2D eigenvalue weighted by Gasteiger charge is 2.30. The SMILES string of the molecule is O=C(O)CNC(=O)c1c(O)c2nc3cc(F)cc(Cc4ccc(C(F)(F)F)cc4)c3n2[nH]c1=O. The van der Waals surface area contributed by atoms with Crippen molar-refractivity contribution >= 4 is 28.6 Å². The highest BCUT2D eigenvalue weighted by molar-refractivity contribution is 6.00. The topological polar surface area (TPSA) is 137 Å². The lowest BCUT2D eigenvalue weighted by atomic mass is 10.0. The van der Waals surface area contributed by atoms with E-state index in [0.717, 1.165) is 28.8 Å². The Morgan fingerprint density at radius 1 is 1.15 bits per heavy atom. The third kappa shape index (κ3) is 4.14. The zero-order valence-electron chi connectivity index (χ0n) is 16.9. The Morgan fingerprint density at radius 2 is 1.82 bits per heavy atom. The number of amides is 1. The first kappa shape index (κ1) is 22.8. The molecule has 176 valence electrons. The van der Waals surface area contributed by atoms with Crippen molar-refractivity contribution in [3.05, 3.63) is 74.8 Å². The average Bonchev–Trinajstić information content (AvgIpc) is 3.10. The summed E-state index contributed by atoms with van der Waals surface area (Å²) in [6.07, 6.45) is -4.55. The fraction of sp³-hybridized carbons (Fsp3) is 0.143. The maximum absolute atomic E-state index is 14.3. The summed E-state index contributed by atoms with van der Waals surface area (Å²) >= 11 is 0. The molecule has 0 unspecified atom stereocenters. The van der Waals surface area contributed by atoms with Crippen LogP contribution in [0.4, 0.5) is 17.6 Å². The lowest BCUT2D eigenvalue weighted by molar-refractivity contribution is -0.138. The van der Waals surface area contributed by atoms with Crippen LogP contribution in [0.3, 0.4) is 0 Å². The van der Waals surface area contributed by atoms with Gasteiger partial charge in [0.1, 0.15) is 12.4 Å². The van der Waals surface area contributed by atoms with Gasteiger partial charge in [0.15, 0.2) is 17.0 Å². The second kappa shape index (κ2) is 8.17. The van der Waals surface area contributed by atoms with Gasteiger partial charge in [-0.1, -0.05) is 12.1 Å². The first-order valence-electron chi connectivity index (χ1n) is 9.57. The summed E-state index contributed by atoms with van der Waals surface area (Å²) in [4.78, 5) is 39.4. The number of benzene rings is 2. The number of hydrogen-bond donors (Lipinski definition) is 4. The number of nitrogens with one attached hydrogen (secondary N) is 2. The number of halogens is 4. The maximum atomic E-state index is 14.3. The van der Waals surface area contributed by atoms with Gasteiger partial charge in [-0.2, -0.15) is 13.2 Å². The lowest BCUT2D eigenvalue weighted by Crippen LogP contribution is -2.34. The highest BCUT2D eigenvalue weighted by atomic mass is 19.4. The van der Waals surface area contributed by atoms with Crippen LogP contribution in [0.2, 0.25) is 0 Å². The Kier molecular flexibility index (Phi) is 5.47. The van der Waals surface area contributed by atoms with E-state index in [9.17, 15) is 37.1 Å². The summed E-state index contributed by atoms with van der Waals surface area (Å²) in [5.74, 6) is -4.12. The summed E-state index contributed by atoms with van der Waals surface area (Å²) in [5.41, 5.74) is -2.22. The largest absolute Gasteiger partial charge is 0.504 e. The molecule has 0 saturated carbocycles. The van der Waals surface area contributed by atoms with Crippen LogP contribution < -0.4 is 10.9 Å². The van der Waals surface area contributed by atoms with E-state index in [1.165, 1.54) is 12.1 Å². The number of carboxylic acid groups (broad SMARTS) is 1. The Balaban J connectivity index is 1.83. The normalized spacial score (nSPS) is 11.8. The fourth-order valence-electron chi connectivity index (χ4n) is 3.52. The molecule has 0 aliphatic rings. The number of fused-ring (bicyclic) bond motifs is 3. The summed E-state index contributed by atoms with van der Waals surface area (Å²) in [6.45, 7) is -0.804. The summed E-state index contributed by atoms with van der Waals surface area (Å²) in [5, 5.41) is 23.5. The summed E-state index contributed by atoms with van der Waals surface area (Å²) in [7, 11) is 0. The van der Waals surface area contributed by atoms with Crippen molar-refractivity contribution < 1.29 is 37.4 Å². The number of aromatic hydroxyl groups is 1. The van der Waals surface area contributed by atoms with Crippen LogP contribution >= 0.6 is 0 Å². The van der Waals surface area contributed by atoms with Crippen LogP contribution in [0.1, 0.15) is 27.0 Å². The molecule has 0 saturated heterocycles. The molecule has 2 aromatic heterocycles. The van der Waals surface area contributed by atoms with Gasteiger partial charge in [-0.05, 0) is 35.7 Å². The monoisotopic (exact) mass is 478 g/mol. The van der Waals surface area contributed by atoms with Gasteiger partial charge in [-0.15, -0.1) is 0 Å². The van der Waals surface area contributed by atoms with Crippen molar-refractivity contribution in [1.82, 2.24) is 19.9 Å². The van der Waals surface area contributed by atoms with Crippen molar-refractivity contribution in [3.63, 3.8) is 0 Å². The minimum Gasteiger partial charge on any atom is -0.504 e. The predicted molar refractivity (Wildman–Crippen MR) is 109 cm³/mol. The minimum absolute atomic E-state index is 0.00374. The van der Waals surface area contributed by atoms with Gasteiger partial charge in [-0.25, -0.2) is 13.9 Å². The number of imidazole rings is 1. The molecule has 0 atom stereocenters. The molecule has 13 heteroatoms. The Bertz CT molecular complexity index is 1510. The molecule has 4 rings (SSSR count). The molecule has 0 radical (unpaired) electrons. The van der Waals surface area contributed by atoms with Crippen molar-refractivity contribution in [2.75, 3.05) is 6.54 Å². The number of hydrogen-bond acceptors (Lipinski definition) is 5. The van der Waals surface area contributed by atoms with Crippen molar-refractivity contribution in [1.29, 1.82) is 0 Å². The van der Waals surface area contributed by atoms with Crippen molar-refractivity contribution in [2.45, 2.75) is 12.6 Å². The molecule has 0 bridgehead atoms. The van der Waals surface area contributed by atoms with Gasteiger partial charge in [0.2, 0.25) is 0 Å². The molecule has 0 fully saturated rings. The lowest BCUT2D eigenvalue weighted by Gasteiger charge is -2.09. The first-order valence-corrected chi connectivity index (χ1v) is 9.57. The molecule has 0 aliphatic carbocycles. The van der Waals surface area contributed by atoms with Crippen LogP contribution in [-0.4, -0.2) is 43.2 Å². The van der Waals surface area contributed by atoms with E-state index >= 15 is 0 Å². The van der Waals surface area contributed by atoms with E-state index in [4.69, 9.17) is 5.11 Å². The molecule has 1 amide bonds. The number of nitrogens with zero attached hydrogens (tertiary/aromatic N) is 2. The molecule has 4 N–H and O–H groups in total. The number of aliphatic carboxylic acids is 1. The molecule has 0 aliphatic heterocycles. The maximum Gasteiger partial charge on any atom is 0.416 e. The standard InChI is InChI=1S/C21H14F4N4O5/c22-12-6-10(5-9-1-3-11(4-2-9)21(23,24)25)16-13(7-12)27-18-17(32)15(20(34)28-29(16)18)19(33)26-8-14(30)31/h1-4,6-7,32H,5,8H2,(H,26,33)(H,28,34)(H,30,31). The number of carbonyl (C=O) groups excluding carboxylic acids is 1. The van der Waals surface area contributed by atoms with Gasteiger partial charge in [0.25, 0.3) is 11.5 Å². The van der Waals surface area contributed by atoms with Crippen LogP contribution in [0.15, 0.2) is 41.2 Å². The van der Waals surface area contributed by atoms with E-state index < -0.39 is 52.9 Å². The summed E-state index contributed by atoms with van der Waals surface area (Å²) in [6, 6.07) is 6.35. The van der Waals surface area contributed by atoms with Gasteiger partial charge < -0.3 is 15.5 Å². The van der Waals surface area contributed by atoms with E-state index in [1.807, 2.05) is 5.32 Å². The molecule has 2 heterocycles. The van der Waals surface area contributed by atoms with Crippen molar-refractivity contribution in [2.24, 2.45) is 0 Å². The molecular weight excluding hydrogens is 464 g/mol. The zero-order valence-corrected chi connectivity index (χ0v) is 16.9. The second-order valence-corrected chi connectivity index (χ2v) is 7.32. The molecule has 2 aromatic carbocycles. The molecular formula is C21H14F4N4O5. The third-order valence-corrected chi connectivity index (χ3v) is 4.99. The number of carboxylic acids is 1. The van der Waals surface area contributed by atoms with E-state index in [2.05, 4.69) is 10.1 Å². The van der Waals surface area contributed by atoms with Gasteiger partial charge in [0, 0.05) is 6.07 Å². The van der Waals surface area contributed by atoms with E-state index in [1.54, 1.807) is 0 Å². The zero-order chi connectivity index (χ0) is 24.8. The second-order valence-electron chi connectivity index (χ2n) is 7.32. The molecule has 34 heavy (non-hydrogen) atoms. The third-order valence-electron chi connectivity index (χ3n) is 4.99. The average molecular weight is 478 g/mol. The predicted octanol–water partition coefficient (Wildman–Crippen LogP) is 2.44. The number of rotatable bonds is 5. The molecule has 0 spiro atoms. The van der Waals surface area contributed by atoms with Gasteiger partial charge in [-0.3, -0.25) is 19.5 Å². The van der Waals surface area contributed by atoms with Crippen LogP contribution in [0.25, 0.3) is 16.7 Å². The van der Waals surface area contributed by atoms with Gasteiger partial charge >= 0.3 is 12.1 Å². The molecule has 4 aromatic rings. The van der Waals surface area contributed by atoms with Crippen LogP contribution in [-0.2, 0) is 17.4 Å². The smallest absolute Gasteiger partial charge is 0.416 e. The number of aromatic nitrogens is 3. The molecule has 9 nitrogen and oxygen atoms in total. The van der Waals surface area contributed by atoms with Crippen LogP contribution in [0.5, 0.6) is 5.75 Å². The van der Waals surface area contributed by atoms with E-state index in [0.29, 0.717) is 5.56 Å². The quantitative estimate of drug-likeness (QED) is 0.325. The number of H-pyrrole nitrogens is 1. The van der Waals surface area contributed by atoms with Crippen molar-refractivity contribution in [3.8, 4) is 5.75 Å². The minimum atomic E-state index is -4.52. The van der Waals surface area contributed by atoms with Gasteiger partial charge in [0.05, 0.1) is 16.6 Å². The summed E-state index contributed by atoms with van der Waals surface area (Å²) < 4.78 is 53.7.